The zero-order chi connectivity index (χ0) is 23.2. The Labute approximate surface area is 201 Å². The minimum absolute atomic E-state index is 0.162. The van der Waals surface area contributed by atoms with Gasteiger partial charge in [-0.3, -0.25) is 9.36 Å². The van der Waals surface area contributed by atoms with Crippen LogP contribution in [0, 0.1) is 0 Å². The summed E-state index contributed by atoms with van der Waals surface area (Å²) in [6.07, 6.45) is 1.65. The van der Waals surface area contributed by atoms with E-state index in [4.69, 9.17) is 0 Å². The molecule has 0 unspecified atom stereocenters. The highest BCUT2D eigenvalue weighted by molar-refractivity contribution is 7.99. The number of carbonyl (C=O) groups is 1. The average molecular weight is 464 g/mol. The summed E-state index contributed by atoms with van der Waals surface area (Å²) in [4.78, 5) is 12.4. The minimum Gasteiger partial charge on any atom is -0.272 e. The Morgan fingerprint density at radius 2 is 1.56 bits per heavy atom. The largest absolute Gasteiger partial charge is 0.272 e. The first-order valence-corrected chi connectivity index (χ1v) is 11.8. The predicted molar refractivity (Wildman–Crippen MR) is 137 cm³/mol. The molecule has 1 amide bonds. The monoisotopic (exact) mass is 463 g/mol. The minimum atomic E-state index is -0.217. The van der Waals surface area contributed by atoms with E-state index in [0.29, 0.717) is 5.16 Å². The molecule has 1 N–H and O–H groups in total. The predicted octanol–water partition coefficient (Wildman–Crippen LogP) is 5.33. The summed E-state index contributed by atoms with van der Waals surface area (Å²) in [7, 11) is 0. The summed E-state index contributed by atoms with van der Waals surface area (Å²) in [5.41, 5.74) is 5.41. The molecule has 1 aromatic heterocycles. The first kappa shape index (κ1) is 21.6. The highest BCUT2D eigenvalue weighted by Crippen LogP contribution is 2.27. The van der Waals surface area contributed by atoms with Crippen LogP contribution in [0.4, 0.5) is 0 Å². The van der Waals surface area contributed by atoms with Gasteiger partial charge in [-0.1, -0.05) is 96.7 Å². The Balaban J connectivity index is 1.28. The van der Waals surface area contributed by atoms with E-state index in [2.05, 4.69) is 32.9 Å². The first-order valence-electron chi connectivity index (χ1n) is 10.8. The Morgan fingerprint density at radius 3 is 2.35 bits per heavy atom. The molecule has 166 valence electrons. The topological polar surface area (TPSA) is 72.2 Å². The molecule has 4 aromatic carbocycles. The maximum absolute atomic E-state index is 12.4. The molecular weight excluding hydrogens is 442 g/mol. The van der Waals surface area contributed by atoms with Gasteiger partial charge in [-0.05, 0) is 34.5 Å². The lowest BCUT2D eigenvalue weighted by Crippen LogP contribution is -2.20. The van der Waals surface area contributed by atoms with Crippen LogP contribution in [0.15, 0.2) is 113 Å². The van der Waals surface area contributed by atoms with Crippen LogP contribution in [0.3, 0.4) is 0 Å². The maximum Gasteiger partial charge on any atom is 0.250 e. The summed E-state index contributed by atoms with van der Waals surface area (Å²) < 4.78 is 1.96. The molecule has 0 bridgehead atoms. The number of hydrogen-bond donors (Lipinski definition) is 1. The number of hydrazone groups is 1. The number of aromatic nitrogens is 3. The number of benzene rings is 4. The van der Waals surface area contributed by atoms with E-state index < -0.39 is 0 Å². The van der Waals surface area contributed by atoms with Crippen molar-refractivity contribution in [2.24, 2.45) is 5.10 Å². The summed E-state index contributed by atoms with van der Waals surface area (Å²) in [5.74, 6) is 0.671. The quantitative estimate of drug-likeness (QED) is 0.201. The van der Waals surface area contributed by atoms with Crippen LogP contribution >= 0.6 is 11.8 Å². The van der Waals surface area contributed by atoms with Crippen molar-refractivity contribution in [2.75, 3.05) is 5.75 Å². The molecule has 0 saturated carbocycles. The van der Waals surface area contributed by atoms with Gasteiger partial charge in [0.25, 0.3) is 5.91 Å². The molecular formula is C27H21N5OS. The summed E-state index contributed by atoms with van der Waals surface area (Å²) in [6.45, 7) is 0. The van der Waals surface area contributed by atoms with Crippen molar-refractivity contribution in [1.82, 2.24) is 20.2 Å². The van der Waals surface area contributed by atoms with Gasteiger partial charge in [0.05, 0.1) is 12.0 Å². The fourth-order valence-electron chi connectivity index (χ4n) is 3.58. The van der Waals surface area contributed by atoms with E-state index >= 15 is 0 Å². The van der Waals surface area contributed by atoms with Gasteiger partial charge in [0.1, 0.15) is 0 Å². The number of nitrogens with one attached hydrogen (secondary N) is 1. The molecule has 0 radical (unpaired) electrons. The van der Waals surface area contributed by atoms with E-state index in [1.54, 1.807) is 6.21 Å². The first-order chi connectivity index (χ1) is 16.8. The molecule has 0 aliphatic carbocycles. The van der Waals surface area contributed by atoms with Crippen molar-refractivity contribution < 1.29 is 4.79 Å². The molecule has 34 heavy (non-hydrogen) atoms. The van der Waals surface area contributed by atoms with Crippen molar-refractivity contribution in [1.29, 1.82) is 0 Å². The third-order valence-corrected chi connectivity index (χ3v) is 6.12. The molecule has 0 spiro atoms. The van der Waals surface area contributed by atoms with Gasteiger partial charge in [-0.2, -0.15) is 5.10 Å². The van der Waals surface area contributed by atoms with Crippen LogP contribution in [0.25, 0.3) is 27.8 Å². The van der Waals surface area contributed by atoms with Gasteiger partial charge in [0, 0.05) is 11.3 Å². The van der Waals surface area contributed by atoms with Crippen molar-refractivity contribution >= 4 is 34.7 Å². The number of fused-ring (bicyclic) bond motifs is 1. The molecule has 0 fully saturated rings. The van der Waals surface area contributed by atoms with Crippen LogP contribution in [-0.2, 0) is 4.79 Å². The zero-order valence-corrected chi connectivity index (χ0v) is 19.0. The Bertz CT molecular complexity index is 1450. The van der Waals surface area contributed by atoms with Crippen molar-refractivity contribution in [3.05, 3.63) is 109 Å². The van der Waals surface area contributed by atoms with Crippen LogP contribution in [0.1, 0.15) is 5.56 Å². The van der Waals surface area contributed by atoms with Gasteiger partial charge in [-0.15, -0.1) is 10.2 Å². The van der Waals surface area contributed by atoms with E-state index in [1.165, 1.54) is 11.8 Å². The fourth-order valence-corrected chi connectivity index (χ4v) is 4.32. The molecule has 0 aliphatic rings. The van der Waals surface area contributed by atoms with E-state index in [-0.39, 0.29) is 11.7 Å². The van der Waals surface area contributed by atoms with E-state index in [0.717, 1.165) is 33.4 Å². The molecule has 6 nitrogen and oxygen atoms in total. The molecule has 5 rings (SSSR count). The normalized spacial score (nSPS) is 11.2. The Kier molecular flexibility index (Phi) is 6.45. The summed E-state index contributed by atoms with van der Waals surface area (Å²) in [6, 6.07) is 33.9. The van der Waals surface area contributed by atoms with Crippen LogP contribution in [-0.4, -0.2) is 32.6 Å². The smallest absolute Gasteiger partial charge is 0.250 e. The van der Waals surface area contributed by atoms with Crippen molar-refractivity contribution in [2.45, 2.75) is 5.16 Å². The average Bonchev–Trinajstić information content (AvgIpc) is 3.32. The summed E-state index contributed by atoms with van der Waals surface area (Å²) in [5, 5.41) is 15.8. The Morgan fingerprint density at radius 1 is 0.853 bits per heavy atom. The number of hydrogen-bond acceptors (Lipinski definition) is 5. The van der Waals surface area contributed by atoms with E-state index in [9.17, 15) is 4.79 Å². The molecule has 0 saturated heterocycles. The van der Waals surface area contributed by atoms with Crippen molar-refractivity contribution in [3.8, 4) is 17.1 Å². The van der Waals surface area contributed by atoms with Gasteiger partial charge < -0.3 is 0 Å². The highest BCUT2D eigenvalue weighted by Gasteiger charge is 2.17. The summed E-state index contributed by atoms with van der Waals surface area (Å²) >= 11 is 1.32. The molecule has 5 aromatic rings. The fraction of sp³-hybridized carbons (Fsp3) is 0.0370. The standard InChI is InChI=1S/C27H21N5OS/c33-25(29-28-18-20-15-16-21-9-7-8-12-23(21)17-20)19-34-27-31-30-26(22-10-3-1-4-11-22)32(27)24-13-5-2-6-14-24/h1-18H,19H2,(H,29,33). The second kappa shape index (κ2) is 10.1. The van der Waals surface area contributed by atoms with Gasteiger partial charge >= 0.3 is 0 Å². The van der Waals surface area contributed by atoms with Gasteiger partial charge in [0.15, 0.2) is 11.0 Å². The second-order valence-electron chi connectivity index (χ2n) is 7.53. The number of amides is 1. The lowest BCUT2D eigenvalue weighted by molar-refractivity contribution is -0.118. The molecule has 0 aliphatic heterocycles. The zero-order valence-electron chi connectivity index (χ0n) is 18.2. The van der Waals surface area contributed by atoms with Gasteiger partial charge in [-0.25, -0.2) is 5.43 Å². The third kappa shape index (κ3) is 4.89. The lowest BCUT2D eigenvalue weighted by atomic mass is 10.1. The molecule has 7 heteroatoms. The maximum atomic E-state index is 12.4. The number of nitrogens with zero attached hydrogens (tertiary/aromatic N) is 4. The molecule has 1 heterocycles. The Hall–Kier alpha value is -4.23. The third-order valence-electron chi connectivity index (χ3n) is 5.19. The van der Waals surface area contributed by atoms with Crippen LogP contribution < -0.4 is 5.43 Å². The lowest BCUT2D eigenvalue weighted by Gasteiger charge is -2.10. The SMILES string of the molecule is O=C(CSc1nnc(-c2ccccc2)n1-c1ccccc1)NN=Cc1ccc2ccccc2c1. The second-order valence-corrected chi connectivity index (χ2v) is 8.47. The van der Waals surface area contributed by atoms with Crippen LogP contribution in [0.2, 0.25) is 0 Å². The van der Waals surface area contributed by atoms with Crippen molar-refractivity contribution in [3.63, 3.8) is 0 Å². The number of thioether (sulfide) groups is 1. The molecule has 0 atom stereocenters. The number of carbonyl (C=O) groups excluding carboxylic acids is 1. The number of para-hydroxylation sites is 1. The van der Waals surface area contributed by atoms with Gasteiger partial charge in [0.2, 0.25) is 0 Å². The highest BCUT2D eigenvalue weighted by atomic mass is 32.2. The number of rotatable bonds is 7. The van der Waals surface area contributed by atoms with E-state index in [1.807, 2.05) is 95.6 Å². The van der Waals surface area contributed by atoms with Crippen LogP contribution in [0.5, 0.6) is 0 Å².